The molecule has 1 amide bonds. The smallest absolute Gasteiger partial charge is 0.321 e. The number of ether oxygens (including phenoxy) is 2. The molecule has 0 spiro atoms. The summed E-state index contributed by atoms with van der Waals surface area (Å²) >= 11 is 5.51. The topological polar surface area (TPSA) is 64.6 Å². The Hall–Kier alpha value is -1.75. The van der Waals surface area contributed by atoms with Crippen molar-refractivity contribution in [2.24, 2.45) is 5.92 Å². The van der Waals surface area contributed by atoms with Crippen LogP contribution < -0.4 is 10.1 Å². The first-order valence-electron chi connectivity index (χ1n) is 7.84. The van der Waals surface area contributed by atoms with Crippen molar-refractivity contribution in [3.8, 4) is 5.75 Å². The summed E-state index contributed by atoms with van der Waals surface area (Å²) in [4.78, 5) is 24.1. The highest BCUT2D eigenvalue weighted by Crippen LogP contribution is 2.29. The lowest BCUT2D eigenvalue weighted by molar-refractivity contribution is -0.155. The first-order chi connectivity index (χ1) is 11.1. The number of halogens is 1. The fraction of sp³-hybridized carbons (Fsp3) is 0.529. The summed E-state index contributed by atoms with van der Waals surface area (Å²) in [6, 6.07) is 7.02. The van der Waals surface area contributed by atoms with Crippen molar-refractivity contribution in [2.75, 3.05) is 18.3 Å². The number of carbonyl (C=O) groups excluding carboxylic acids is 2. The highest BCUT2D eigenvalue weighted by molar-refractivity contribution is 6.26. The van der Waals surface area contributed by atoms with Gasteiger partial charge in [-0.15, -0.1) is 11.6 Å². The van der Waals surface area contributed by atoms with Crippen molar-refractivity contribution in [3.05, 3.63) is 24.3 Å². The molecule has 5 nitrogen and oxygen atoms in total. The molecule has 1 fully saturated rings. The van der Waals surface area contributed by atoms with Crippen LogP contribution in [0.1, 0.15) is 32.1 Å². The molecule has 126 valence electrons. The molecule has 0 bridgehead atoms. The molecular weight excluding hydrogens is 318 g/mol. The molecule has 6 heteroatoms. The summed E-state index contributed by atoms with van der Waals surface area (Å²) in [6.07, 6.45) is 4.24. The molecule has 1 N–H and O–H groups in total. The summed E-state index contributed by atoms with van der Waals surface area (Å²) in [5.41, 5.74) is 0.638. The van der Waals surface area contributed by atoms with E-state index in [2.05, 4.69) is 5.32 Å². The van der Waals surface area contributed by atoms with Crippen LogP contribution in [0.2, 0.25) is 0 Å². The molecule has 1 aliphatic carbocycles. The second kappa shape index (κ2) is 8.77. The van der Waals surface area contributed by atoms with Gasteiger partial charge in [0.1, 0.15) is 11.6 Å². The lowest BCUT2D eigenvalue weighted by Crippen LogP contribution is -2.39. The second-order valence-corrected chi connectivity index (χ2v) is 5.93. The van der Waals surface area contributed by atoms with E-state index in [9.17, 15) is 9.59 Å². The van der Waals surface area contributed by atoms with Crippen molar-refractivity contribution >= 4 is 29.2 Å². The fourth-order valence-electron chi connectivity index (χ4n) is 2.86. The molecule has 23 heavy (non-hydrogen) atoms. The maximum atomic E-state index is 12.6. The van der Waals surface area contributed by atoms with Crippen molar-refractivity contribution in [3.63, 3.8) is 0 Å². The molecule has 1 saturated carbocycles. The standard InChI is InChI=1S/C17H22ClNO4/c1-22-14-9-7-13(8-10-14)19-17(21)16(23-15(20)11-18)12-5-3-2-4-6-12/h7-10,12,16H,2-6,11H2,1H3,(H,19,21)/t16-/m0/s1. The Balaban J connectivity index is 2.06. The summed E-state index contributed by atoms with van der Waals surface area (Å²) in [6.45, 7) is 0. The number of methoxy groups -OCH3 is 1. The predicted molar refractivity (Wildman–Crippen MR) is 88.8 cm³/mol. The average Bonchev–Trinajstić information content (AvgIpc) is 2.60. The third kappa shape index (κ3) is 5.13. The van der Waals surface area contributed by atoms with E-state index < -0.39 is 12.1 Å². The van der Waals surface area contributed by atoms with E-state index in [0.29, 0.717) is 11.4 Å². The number of benzene rings is 1. The number of carbonyl (C=O) groups is 2. The highest BCUT2D eigenvalue weighted by atomic mass is 35.5. The van der Waals surface area contributed by atoms with Gasteiger partial charge in [-0.05, 0) is 37.1 Å². The minimum Gasteiger partial charge on any atom is -0.497 e. The van der Waals surface area contributed by atoms with Crippen molar-refractivity contribution in [1.29, 1.82) is 0 Å². The first-order valence-corrected chi connectivity index (χ1v) is 8.38. The number of rotatable bonds is 6. The summed E-state index contributed by atoms with van der Waals surface area (Å²) in [5.74, 6) is -0.360. The molecule has 0 aliphatic heterocycles. The highest BCUT2D eigenvalue weighted by Gasteiger charge is 2.32. The Labute approximate surface area is 141 Å². The average molecular weight is 340 g/mol. The van der Waals surface area contributed by atoms with Gasteiger partial charge in [-0.1, -0.05) is 19.3 Å². The van der Waals surface area contributed by atoms with Gasteiger partial charge < -0.3 is 14.8 Å². The van der Waals surface area contributed by atoms with E-state index in [0.717, 1.165) is 32.1 Å². The summed E-state index contributed by atoms with van der Waals surface area (Å²) in [7, 11) is 1.58. The zero-order valence-corrected chi connectivity index (χ0v) is 14.0. The Morgan fingerprint density at radius 1 is 1.22 bits per heavy atom. The molecule has 0 unspecified atom stereocenters. The fourth-order valence-corrected chi connectivity index (χ4v) is 2.92. The van der Waals surface area contributed by atoms with Crippen LogP contribution in [0, 0.1) is 5.92 Å². The largest absolute Gasteiger partial charge is 0.497 e. The number of alkyl halides is 1. The van der Waals surface area contributed by atoms with Gasteiger partial charge in [-0.25, -0.2) is 0 Å². The lowest BCUT2D eigenvalue weighted by Gasteiger charge is -2.28. The van der Waals surface area contributed by atoms with E-state index in [-0.39, 0.29) is 17.7 Å². The molecule has 1 aromatic carbocycles. The van der Waals surface area contributed by atoms with Gasteiger partial charge in [-0.2, -0.15) is 0 Å². The van der Waals surface area contributed by atoms with E-state index in [4.69, 9.17) is 21.1 Å². The Morgan fingerprint density at radius 3 is 2.43 bits per heavy atom. The van der Waals surface area contributed by atoms with Crippen LogP contribution in [0.4, 0.5) is 5.69 Å². The van der Waals surface area contributed by atoms with E-state index in [1.165, 1.54) is 0 Å². The van der Waals surface area contributed by atoms with Crippen LogP contribution in [0.5, 0.6) is 5.75 Å². The number of nitrogens with one attached hydrogen (secondary N) is 1. The van der Waals surface area contributed by atoms with Gasteiger partial charge in [0.25, 0.3) is 5.91 Å². The van der Waals surface area contributed by atoms with Crippen molar-refractivity contribution in [1.82, 2.24) is 0 Å². The van der Waals surface area contributed by atoms with Crippen LogP contribution >= 0.6 is 11.6 Å². The van der Waals surface area contributed by atoms with Crippen LogP contribution in [0.25, 0.3) is 0 Å². The second-order valence-electron chi connectivity index (χ2n) is 5.66. The van der Waals surface area contributed by atoms with Gasteiger partial charge in [0.05, 0.1) is 7.11 Å². The van der Waals surface area contributed by atoms with Gasteiger partial charge >= 0.3 is 5.97 Å². The Bertz CT molecular complexity index is 526. The third-order valence-electron chi connectivity index (χ3n) is 4.06. The Morgan fingerprint density at radius 2 is 1.87 bits per heavy atom. The number of esters is 1. The molecule has 0 saturated heterocycles. The van der Waals surface area contributed by atoms with Gasteiger partial charge in [0.15, 0.2) is 6.10 Å². The lowest BCUT2D eigenvalue weighted by atomic mass is 9.85. The van der Waals surface area contributed by atoms with Crippen molar-refractivity contribution in [2.45, 2.75) is 38.2 Å². The minimum atomic E-state index is -0.788. The molecule has 0 heterocycles. The van der Waals surface area contributed by atoms with Crippen LogP contribution in [0.15, 0.2) is 24.3 Å². The Kier molecular flexibility index (Phi) is 6.71. The molecule has 2 rings (SSSR count). The van der Waals surface area contributed by atoms with Crippen LogP contribution in [-0.4, -0.2) is 31.0 Å². The monoisotopic (exact) mass is 339 g/mol. The quantitative estimate of drug-likeness (QED) is 0.637. The maximum Gasteiger partial charge on any atom is 0.321 e. The first kappa shape index (κ1) is 17.6. The minimum absolute atomic E-state index is 0.0502. The molecule has 1 atom stereocenters. The summed E-state index contributed by atoms with van der Waals surface area (Å²) < 4.78 is 10.4. The zero-order valence-electron chi connectivity index (χ0n) is 13.2. The molecule has 0 aromatic heterocycles. The van der Waals surface area contributed by atoms with E-state index in [1.807, 2.05) is 0 Å². The number of anilines is 1. The van der Waals surface area contributed by atoms with E-state index in [1.54, 1.807) is 31.4 Å². The zero-order chi connectivity index (χ0) is 16.7. The summed E-state index contributed by atoms with van der Waals surface area (Å²) in [5, 5.41) is 2.81. The molecule has 0 radical (unpaired) electrons. The molecule has 1 aliphatic rings. The van der Waals surface area contributed by atoms with Crippen LogP contribution in [-0.2, 0) is 14.3 Å². The SMILES string of the molecule is COc1ccc(NC(=O)[C@@H](OC(=O)CCl)C2CCCCC2)cc1. The maximum absolute atomic E-state index is 12.6. The van der Waals surface area contributed by atoms with Gasteiger partial charge in [0, 0.05) is 11.6 Å². The number of amides is 1. The van der Waals surface area contributed by atoms with Gasteiger partial charge in [0.2, 0.25) is 0 Å². The van der Waals surface area contributed by atoms with Gasteiger partial charge in [-0.3, -0.25) is 9.59 Å². The van der Waals surface area contributed by atoms with Crippen molar-refractivity contribution < 1.29 is 19.1 Å². The molecular formula is C17H22ClNO4. The number of hydrogen-bond acceptors (Lipinski definition) is 4. The van der Waals surface area contributed by atoms with E-state index >= 15 is 0 Å². The molecule has 1 aromatic rings. The number of hydrogen-bond donors (Lipinski definition) is 1. The predicted octanol–water partition coefficient (Wildman–Crippen LogP) is 3.36. The third-order valence-corrected chi connectivity index (χ3v) is 4.28. The normalized spacial score (nSPS) is 16.4. The van der Waals surface area contributed by atoms with Crippen LogP contribution in [0.3, 0.4) is 0 Å².